The topological polar surface area (TPSA) is 95.6 Å². The maximum atomic E-state index is 10.4. The highest BCUT2D eigenvalue weighted by molar-refractivity contribution is 5.41. The molecule has 0 saturated carbocycles. The molecule has 2 rings (SSSR count). The lowest BCUT2D eigenvalue weighted by Gasteiger charge is -2.16. The van der Waals surface area contributed by atoms with Gasteiger partial charge in [0, 0.05) is 5.22 Å². The zero-order valence-corrected chi connectivity index (χ0v) is 6.91. The smallest absolute Gasteiger partial charge is 0.207 e. The van der Waals surface area contributed by atoms with E-state index in [1.807, 2.05) is 0 Å². The molecule has 0 unspecified atom stereocenters. The molecule has 0 radical (unpaired) electrons. The van der Waals surface area contributed by atoms with Crippen LogP contribution in [-0.2, 0) is 0 Å². The highest BCUT2D eigenvalue weighted by Gasteiger charge is 1.97. The molecule has 70 valence electrons. The van der Waals surface area contributed by atoms with Gasteiger partial charge in [0.15, 0.2) is 0 Å². The molecule has 0 N–H and O–H groups in total. The first kappa shape index (κ1) is 8.36. The van der Waals surface area contributed by atoms with E-state index in [4.69, 9.17) is 0 Å². The Hall–Kier alpha value is -2.24. The first-order valence-electron chi connectivity index (χ1n) is 3.78. The van der Waals surface area contributed by atoms with Crippen LogP contribution in [0.5, 0.6) is 0 Å². The van der Waals surface area contributed by atoms with Crippen LogP contribution in [0.1, 0.15) is 0 Å². The fraction of sp³-hybridized carbons (Fsp3) is 0. The summed E-state index contributed by atoms with van der Waals surface area (Å²) in [5.74, 6) is -0.842. The van der Waals surface area contributed by atoms with Crippen LogP contribution in [0.25, 0.3) is 11.8 Å². The normalized spacial score (nSPS) is 13.6. The highest BCUT2D eigenvalue weighted by Crippen LogP contribution is 2.06. The number of benzene rings is 1. The van der Waals surface area contributed by atoms with E-state index in [1.165, 1.54) is 12.1 Å². The van der Waals surface area contributed by atoms with Crippen molar-refractivity contribution in [1.82, 2.24) is 0 Å². The standard InChI is InChI=1S/C8H6N4O2/c13-8(14)6-3-1-5(2-4-6)7-9-11-12-10-7/h1-4,13-14H/p-2. The predicted molar refractivity (Wildman–Crippen MR) is 42.2 cm³/mol. The zero-order chi connectivity index (χ0) is 9.97. The second-order valence-electron chi connectivity index (χ2n) is 2.57. The van der Waals surface area contributed by atoms with Gasteiger partial charge in [0.1, 0.15) is 0 Å². The molecule has 1 heterocycles. The van der Waals surface area contributed by atoms with E-state index in [-0.39, 0.29) is 5.22 Å². The van der Waals surface area contributed by atoms with Crippen molar-refractivity contribution in [3.8, 4) is 0 Å². The fourth-order valence-corrected chi connectivity index (χ4v) is 1.02. The van der Waals surface area contributed by atoms with Crippen LogP contribution in [0.2, 0.25) is 0 Å². The summed E-state index contributed by atoms with van der Waals surface area (Å²) in [4.78, 5) is 0. The van der Waals surface area contributed by atoms with Gasteiger partial charge in [-0.2, -0.15) is 5.95 Å². The minimum Gasteiger partial charge on any atom is -0.884 e. The van der Waals surface area contributed by atoms with E-state index < -0.39 is 5.95 Å². The summed E-state index contributed by atoms with van der Waals surface area (Å²) >= 11 is 0. The van der Waals surface area contributed by atoms with Crippen LogP contribution in [0.3, 0.4) is 0 Å². The quantitative estimate of drug-likeness (QED) is 0.488. The van der Waals surface area contributed by atoms with Crippen LogP contribution in [-0.4, -0.2) is 0 Å². The van der Waals surface area contributed by atoms with Gasteiger partial charge in [0.2, 0.25) is 5.82 Å². The monoisotopic (exact) mass is 188 g/mol. The van der Waals surface area contributed by atoms with Gasteiger partial charge >= 0.3 is 0 Å². The van der Waals surface area contributed by atoms with Crippen molar-refractivity contribution >= 4 is 11.8 Å². The Labute approximate surface area is 78.2 Å². The van der Waals surface area contributed by atoms with Crippen molar-refractivity contribution in [1.29, 1.82) is 0 Å². The fourth-order valence-electron chi connectivity index (χ4n) is 1.02. The number of rotatable bonds is 0. The lowest BCUT2D eigenvalue weighted by Crippen LogP contribution is -2.26. The lowest BCUT2D eigenvalue weighted by atomic mass is 10.2. The minimum absolute atomic E-state index is 0.112. The summed E-state index contributed by atoms with van der Waals surface area (Å²) in [7, 11) is 0. The molecule has 0 saturated heterocycles. The summed E-state index contributed by atoms with van der Waals surface area (Å²) in [6, 6.07) is 5.98. The molecule has 0 amide bonds. The third-order valence-corrected chi connectivity index (χ3v) is 1.70. The van der Waals surface area contributed by atoms with Gasteiger partial charge in [-0.3, -0.25) is 0 Å². The summed E-state index contributed by atoms with van der Waals surface area (Å²) in [6.07, 6.45) is 0. The molecular weight excluding hydrogens is 184 g/mol. The third-order valence-electron chi connectivity index (χ3n) is 1.70. The number of hydrogen-bond donors (Lipinski definition) is 0. The van der Waals surface area contributed by atoms with Crippen molar-refractivity contribution in [2.75, 3.05) is 0 Å². The summed E-state index contributed by atoms with van der Waals surface area (Å²) in [5, 5.41) is 35.5. The second-order valence-corrected chi connectivity index (χ2v) is 2.57. The van der Waals surface area contributed by atoms with Crippen LogP contribution in [0.4, 0.5) is 0 Å². The molecule has 1 aliphatic rings. The van der Waals surface area contributed by atoms with Crippen LogP contribution >= 0.6 is 0 Å². The summed E-state index contributed by atoms with van der Waals surface area (Å²) < 4.78 is 0. The molecule has 0 bridgehead atoms. The van der Waals surface area contributed by atoms with Crippen molar-refractivity contribution in [2.45, 2.75) is 0 Å². The van der Waals surface area contributed by atoms with Crippen molar-refractivity contribution in [3.05, 3.63) is 34.7 Å². The maximum Gasteiger partial charge on any atom is 0.207 e. The SMILES string of the molecule is [O-]C([O-])=c1ccc(=C2N=NN=N2)cc1. The molecule has 1 aliphatic heterocycles. The highest BCUT2D eigenvalue weighted by atomic mass is 16.5. The van der Waals surface area contributed by atoms with E-state index >= 15 is 0 Å². The van der Waals surface area contributed by atoms with Crippen LogP contribution in [0, 0.1) is 0 Å². The Morgan fingerprint density at radius 1 is 0.929 bits per heavy atom. The molecule has 6 heteroatoms. The zero-order valence-electron chi connectivity index (χ0n) is 6.91. The van der Waals surface area contributed by atoms with Crippen LogP contribution < -0.4 is 20.7 Å². The van der Waals surface area contributed by atoms with Crippen molar-refractivity contribution in [2.24, 2.45) is 20.7 Å². The van der Waals surface area contributed by atoms with Crippen molar-refractivity contribution < 1.29 is 10.2 Å². The van der Waals surface area contributed by atoms with Gasteiger partial charge in [-0.1, -0.05) is 24.3 Å². The van der Waals surface area contributed by atoms with E-state index in [9.17, 15) is 10.2 Å². The van der Waals surface area contributed by atoms with Gasteiger partial charge in [0.05, 0.1) is 0 Å². The van der Waals surface area contributed by atoms with E-state index in [0.717, 1.165) is 0 Å². The minimum atomic E-state index is -1.21. The summed E-state index contributed by atoms with van der Waals surface area (Å²) in [5.41, 5.74) is 0. The first-order valence-corrected chi connectivity index (χ1v) is 3.78. The number of nitrogens with zero attached hydrogens (tertiary/aromatic N) is 4. The lowest BCUT2D eigenvalue weighted by molar-refractivity contribution is -0.435. The first-order chi connectivity index (χ1) is 6.77. The Kier molecular flexibility index (Phi) is 1.94. The molecule has 0 aromatic heterocycles. The Balaban J connectivity index is 2.61. The van der Waals surface area contributed by atoms with Gasteiger partial charge in [-0.05, 0) is 15.7 Å². The third kappa shape index (κ3) is 1.45. The summed E-state index contributed by atoms with van der Waals surface area (Å²) in [6.45, 7) is 0. The Bertz CT molecular complexity index is 491. The van der Waals surface area contributed by atoms with Gasteiger partial charge in [-0.15, -0.1) is 10.2 Å². The molecule has 0 fully saturated rings. The molecule has 0 aliphatic carbocycles. The Morgan fingerprint density at radius 2 is 1.50 bits per heavy atom. The molecule has 0 spiro atoms. The number of hydrogen-bond acceptors (Lipinski definition) is 6. The molecule has 0 atom stereocenters. The molecule has 1 aromatic carbocycles. The van der Waals surface area contributed by atoms with Crippen LogP contribution in [0.15, 0.2) is 44.9 Å². The largest absolute Gasteiger partial charge is 0.884 e. The van der Waals surface area contributed by atoms with Gasteiger partial charge in [-0.25, -0.2) is 0 Å². The van der Waals surface area contributed by atoms with E-state index in [0.29, 0.717) is 11.0 Å². The van der Waals surface area contributed by atoms with E-state index in [2.05, 4.69) is 20.7 Å². The average molecular weight is 188 g/mol. The molecular formula is C8H4N4O2-2. The van der Waals surface area contributed by atoms with Crippen molar-refractivity contribution in [3.63, 3.8) is 0 Å². The average Bonchev–Trinajstić information content (AvgIpc) is 2.71. The molecule has 1 aromatic rings. The maximum absolute atomic E-state index is 10.4. The predicted octanol–water partition coefficient (Wildman–Crippen LogP) is -1.63. The molecule has 6 nitrogen and oxygen atoms in total. The van der Waals surface area contributed by atoms with Gasteiger partial charge in [0.25, 0.3) is 0 Å². The molecule has 14 heavy (non-hydrogen) atoms. The second kappa shape index (κ2) is 3.25. The van der Waals surface area contributed by atoms with E-state index in [1.54, 1.807) is 12.1 Å². The van der Waals surface area contributed by atoms with Gasteiger partial charge < -0.3 is 10.2 Å². The Morgan fingerprint density at radius 3 is 2.00 bits per heavy atom.